The minimum atomic E-state index is 0.644. The summed E-state index contributed by atoms with van der Waals surface area (Å²) in [7, 11) is 0. The number of hydrogen-bond donors (Lipinski definition) is 2. The maximum absolute atomic E-state index is 4.42. The molecule has 1 aliphatic rings. The summed E-state index contributed by atoms with van der Waals surface area (Å²) in [6.45, 7) is 1.17. The standard InChI is InChI=1S/C12H15N3/c1-3-10(13-5-1)7-9-8-15-11-4-2-6-14-12(9)11/h2,4,6,8,10,13,15H,1,3,5,7H2/t10-/m0/s1. The molecular weight excluding hydrogens is 186 g/mol. The smallest absolute Gasteiger partial charge is 0.0911 e. The van der Waals surface area contributed by atoms with Crippen molar-refractivity contribution in [2.24, 2.45) is 0 Å². The van der Waals surface area contributed by atoms with Crippen LogP contribution in [0.2, 0.25) is 0 Å². The fraction of sp³-hybridized carbons (Fsp3) is 0.417. The molecule has 0 saturated carbocycles. The molecule has 15 heavy (non-hydrogen) atoms. The monoisotopic (exact) mass is 201 g/mol. The Kier molecular flexibility index (Phi) is 2.18. The van der Waals surface area contributed by atoms with Crippen LogP contribution in [-0.2, 0) is 6.42 Å². The first-order valence-electron chi connectivity index (χ1n) is 5.58. The van der Waals surface area contributed by atoms with Crippen molar-refractivity contribution in [3.05, 3.63) is 30.1 Å². The highest BCUT2D eigenvalue weighted by atomic mass is 14.9. The summed E-state index contributed by atoms with van der Waals surface area (Å²) >= 11 is 0. The van der Waals surface area contributed by atoms with Gasteiger partial charge in [0.25, 0.3) is 0 Å². The first-order chi connectivity index (χ1) is 7.43. The van der Waals surface area contributed by atoms with Gasteiger partial charge in [-0.1, -0.05) is 0 Å². The van der Waals surface area contributed by atoms with Gasteiger partial charge in [0, 0.05) is 18.4 Å². The van der Waals surface area contributed by atoms with E-state index in [1.165, 1.54) is 24.9 Å². The van der Waals surface area contributed by atoms with Gasteiger partial charge in [0.1, 0.15) is 0 Å². The van der Waals surface area contributed by atoms with Crippen LogP contribution in [0.3, 0.4) is 0 Å². The molecule has 0 unspecified atom stereocenters. The molecule has 78 valence electrons. The van der Waals surface area contributed by atoms with E-state index in [-0.39, 0.29) is 0 Å². The third-order valence-corrected chi connectivity index (χ3v) is 3.14. The summed E-state index contributed by atoms with van der Waals surface area (Å²) in [6.07, 6.45) is 7.65. The number of nitrogens with zero attached hydrogens (tertiary/aromatic N) is 1. The lowest BCUT2D eigenvalue weighted by molar-refractivity contribution is 0.604. The van der Waals surface area contributed by atoms with Gasteiger partial charge < -0.3 is 10.3 Å². The molecule has 3 heterocycles. The van der Waals surface area contributed by atoms with Gasteiger partial charge in [-0.3, -0.25) is 4.98 Å². The number of hydrogen-bond acceptors (Lipinski definition) is 2. The molecule has 2 N–H and O–H groups in total. The molecule has 3 nitrogen and oxygen atoms in total. The number of rotatable bonds is 2. The van der Waals surface area contributed by atoms with Gasteiger partial charge in [0.2, 0.25) is 0 Å². The van der Waals surface area contributed by atoms with Crippen LogP contribution in [0.1, 0.15) is 18.4 Å². The van der Waals surface area contributed by atoms with Crippen molar-refractivity contribution < 1.29 is 0 Å². The van der Waals surface area contributed by atoms with E-state index >= 15 is 0 Å². The number of H-pyrrole nitrogens is 1. The topological polar surface area (TPSA) is 40.7 Å². The Labute approximate surface area is 88.9 Å². The van der Waals surface area contributed by atoms with Crippen molar-refractivity contribution in [3.8, 4) is 0 Å². The Morgan fingerprint density at radius 2 is 2.47 bits per heavy atom. The summed E-state index contributed by atoms with van der Waals surface area (Å²) in [4.78, 5) is 7.70. The van der Waals surface area contributed by atoms with Crippen molar-refractivity contribution in [1.82, 2.24) is 15.3 Å². The molecule has 0 radical (unpaired) electrons. The van der Waals surface area contributed by atoms with Crippen LogP contribution in [0, 0.1) is 0 Å². The second kappa shape index (κ2) is 3.66. The maximum Gasteiger partial charge on any atom is 0.0911 e. The van der Waals surface area contributed by atoms with E-state index in [0.717, 1.165) is 17.5 Å². The van der Waals surface area contributed by atoms with Crippen molar-refractivity contribution in [2.45, 2.75) is 25.3 Å². The van der Waals surface area contributed by atoms with E-state index in [0.29, 0.717) is 6.04 Å². The summed E-state index contributed by atoms with van der Waals surface area (Å²) < 4.78 is 0. The highest BCUT2D eigenvalue weighted by molar-refractivity contribution is 5.78. The van der Waals surface area contributed by atoms with Crippen LogP contribution < -0.4 is 5.32 Å². The third-order valence-electron chi connectivity index (χ3n) is 3.14. The van der Waals surface area contributed by atoms with Crippen molar-refractivity contribution in [3.63, 3.8) is 0 Å². The fourth-order valence-electron chi connectivity index (χ4n) is 2.36. The molecule has 2 aromatic heterocycles. The number of aromatic nitrogens is 2. The van der Waals surface area contributed by atoms with Crippen LogP contribution in [0.5, 0.6) is 0 Å². The number of nitrogens with one attached hydrogen (secondary N) is 2. The Balaban J connectivity index is 1.90. The Bertz CT molecular complexity index is 455. The average Bonchev–Trinajstić information content (AvgIpc) is 2.89. The molecule has 0 aliphatic carbocycles. The summed E-state index contributed by atoms with van der Waals surface area (Å²) in [6, 6.07) is 4.69. The second-order valence-corrected chi connectivity index (χ2v) is 4.21. The van der Waals surface area contributed by atoms with E-state index in [2.05, 4.69) is 27.5 Å². The summed E-state index contributed by atoms with van der Waals surface area (Å²) in [5.41, 5.74) is 3.61. The molecular formula is C12H15N3. The van der Waals surface area contributed by atoms with Crippen molar-refractivity contribution in [1.29, 1.82) is 0 Å². The normalized spacial score (nSPS) is 21.2. The van der Waals surface area contributed by atoms with Crippen LogP contribution in [-0.4, -0.2) is 22.6 Å². The predicted octanol–water partition coefficient (Wildman–Crippen LogP) is 1.86. The number of fused-ring (bicyclic) bond motifs is 1. The summed E-state index contributed by atoms with van der Waals surface area (Å²) in [5, 5.41) is 3.52. The van der Waals surface area contributed by atoms with E-state index in [1.807, 2.05) is 12.3 Å². The van der Waals surface area contributed by atoms with E-state index in [9.17, 15) is 0 Å². The lowest BCUT2D eigenvalue weighted by Crippen LogP contribution is -2.23. The number of aromatic amines is 1. The molecule has 0 aromatic carbocycles. The SMILES string of the molecule is c1cnc2c(C[C@@H]3CCCN3)c[nH]c2c1. The predicted molar refractivity (Wildman–Crippen MR) is 60.8 cm³/mol. The molecule has 1 atom stereocenters. The molecule has 1 saturated heterocycles. The Morgan fingerprint density at radius 3 is 3.33 bits per heavy atom. The van der Waals surface area contributed by atoms with Crippen LogP contribution in [0.15, 0.2) is 24.5 Å². The first kappa shape index (κ1) is 8.92. The lowest BCUT2D eigenvalue weighted by Gasteiger charge is -2.07. The first-order valence-corrected chi connectivity index (χ1v) is 5.58. The molecule has 2 aromatic rings. The molecule has 1 fully saturated rings. The summed E-state index contributed by atoms with van der Waals surface area (Å²) in [5.74, 6) is 0. The minimum absolute atomic E-state index is 0.644. The maximum atomic E-state index is 4.42. The van der Waals surface area contributed by atoms with E-state index < -0.39 is 0 Å². The fourth-order valence-corrected chi connectivity index (χ4v) is 2.36. The van der Waals surface area contributed by atoms with Crippen LogP contribution >= 0.6 is 0 Å². The highest BCUT2D eigenvalue weighted by Crippen LogP contribution is 2.19. The molecule has 0 spiro atoms. The van der Waals surface area contributed by atoms with Gasteiger partial charge in [-0.05, 0) is 43.5 Å². The Morgan fingerprint density at radius 1 is 1.47 bits per heavy atom. The zero-order valence-corrected chi connectivity index (χ0v) is 8.66. The van der Waals surface area contributed by atoms with Crippen LogP contribution in [0.4, 0.5) is 0 Å². The second-order valence-electron chi connectivity index (χ2n) is 4.21. The number of pyridine rings is 1. The van der Waals surface area contributed by atoms with Crippen molar-refractivity contribution >= 4 is 11.0 Å². The third kappa shape index (κ3) is 1.63. The largest absolute Gasteiger partial charge is 0.360 e. The lowest BCUT2D eigenvalue weighted by atomic mass is 10.1. The quantitative estimate of drug-likeness (QED) is 0.778. The van der Waals surface area contributed by atoms with Crippen molar-refractivity contribution in [2.75, 3.05) is 6.54 Å². The van der Waals surface area contributed by atoms with Gasteiger partial charge in [-0.25, -0.2) is 0 Å². The molecule has 3 heteroatoms. The van der Waals surface area contributed by atoms with E-state index in [1.54, 1.807) is 0 Å². The molecule has 3 rings (SSSR count). The van der Waals surface area contributed by atoms with Gasteiger partial charge in [0.15, 0.2) is 0 Å². The van der Waals surface area contributed by atoms with Gasteiger partial charge in [0.05, 0.1) is 11.0 Å². The van der Waals surface area contributed by atoms with Gasteiger partial charge >= 0.3 is 0 Å². The molecule has 0 amide bonds. The van der Waals surface area contributed by atoms with Crippen LogP contribution in [0.25, 0.3) is 11.0 Å². The molecule has 1 aliphatic heterocycles. The zero-order valence-electron chi connectivity index (χ0n) is 8.66. The highest BCUT2D eigenvalue weighted by Gasteiger charge is 2.16. The Hall–Kier alpha value is -1.35. The average molecular weight is 201 g/mol. The van der Waals surface area contributed by atoms with E-state index in [4.69, 9.17) is 0 Å². The van der Waals surface area contributed by atoms with Gasteiger partial charge in [-0.2, -0.15) is 0 Å². The van der Waals surface area contributed by atoms with Gasteiger partial charge in [-0.15, -0.1) is 0 Å². The minimum Gasteiger partial charge on any atom is -0.360 e. The molecule has 0 bridgehead atoms. The zero-order chi connectivity index (χ0) is 10.1.